The van der Waals surface area contributed by atoms with Gasteiger partial charge in [-0.3, -0.25) is 4.79 Å². The second kappa shape index (κ2) is 8.41. The van der Waals surface area contributed by atoms with Gasteiger partial charge >= 0.3 is 24.1 Å². The summed E-state index contributed by atoms with van der Waals surface area (Å²) in [4.78, 5) is 34.8. The zero-order chi connectivity index (χ0) is 20.1. The van der Waals surface area contributed by atoms with E-state index in [9.17, 15) is 27.6 Å². The van der Waals surface area contributed by atoms with Crippen LogP contribution in [-0.2, 0) is 4.79 Å². The Hall–Kier alpha value is -2.98. The SMILES string of the molecule is CC(NC(=O)C(F)(F)F)C(NC(=O)N(C)C)Oc1ccc(C(=O)O)cc1. The summed E-state index contributed by atoms with van der Waals surface area (Å²) in [6.07, 6.45) is -6.43. The third-order valence-electron chi connectivity index (χ3n) is 3.11. The van der Waals surface area contributed by atoms with Gasteiger partial charge in [0.15, 0.2) is 6.23 Å². The first kappa shape index (κ1) is 21.1. The summed E-state index contributed by atoms with van der Waals surface area (Å²) in [6, 6.07) is 3.09. The molecule has 0 saturated carbocycles. The molecule has 26 heavy (non-hydrogen) atoms. The highest BCUT2D eigenvalue weighted by molar-refractivity contribution is 5.87. The van der Waals surface area contributed by atoms with Crippen LogP contribution in [0.25, 0.3) is 0 Å². The van der Waals surface area contributed by atoms with Crippen molar-refractivity contribution in [3.8, 4) is 5.75 Å². The van der Waals surface area contributed by atoms with E-state index < -0.39 is 36.4 Å². The Bertz CT molecular complexity index is 661. The largest absolute Gasteiger partial charge is 0.478 e. The van der Waals surface area contributed by atoms with Crippen molar-refractivity contribution in [1.82, 2.24) is 15.5 Å². The number of carbonyl (C=O) groups excluding carboxylic acids is 2. The Balaban J connectivity index is 2.95. The minimum Gasteiger partial charge on any atom is -0.478 e. The highest BCUT2D eigenvalue weighted by atomic mass is 19.4. The first-order chi connectivity index (χ1) is 11.9. The normalized spacial score (nSPS) is 13.3. The van der Waals surface area contributed by atoms with Gasteiger partial charge in [0.2, 0.25) is 0 Å². The molecule has 8 nitrogen and oxygen atoms in total. The number of ether oxygens (including phenoxy) is 1. The second-order valence-corrected chi connectivity index (χ2v) is 5.47. The molecule has 0 bridgehead atoms. The van der Waals surface area contributed by atoms with E-state index in [0.717, 1.165) is 4.90 Å². The Morgan fingerprint density at radius 1 is 1.12 bits per heavy atom. The zero-order valence-corrected chi connectivity index (χ0v) is 14.1. The lowest BCUT2D eigenvalue weighted by Gasteiger charge is -2.28. The minimum absolute atomic E-state index is 0.0235. The van der Waals surface area contributed by atoms with Crippen molar-refractivity contribution < 1.29 is 37.4 Å². The number of alkyl halides is 3. The number of carboxylic acids is 1. The van der Waals surface area contributed by atoms with E-state index in [0.29, 0.717) is 0 Å². The van der Waals surface area contributed by atoms with Gasteiger partial charge in [0.05, 0.1) is 11.6 Å². The smallest absolute Gasteiger partial charge is 0.471 e. The van der Waals surface area contributed by atoms with Crippen molar-refractivity contribution in [1.29, 1.82) is 0 Å². The molecule has 3 N–H and O–H groups in total. The number of nitrogens with one attached hydrogen (secondary N) is 2. The standard InChI is InChI=1S/C15H18F3N3O5/c1-8(19-13(24)15(16,17)18)11(20-14(25)21(2)3)26-10-6-4-9(5-7-10)12(22)23/h4-8,11H,1-3H3,(H,19,24)(H,20,25)(H,22,23). The van der Waals surface area contributed by atoms with E-state index in [-0.39, 0.29) is 11.3 Å². The van der Waals surface area contributed by atoms with Crippen molar-refractivity contribution in [2.24, 2.45) is 0 Å². The van der Waals surface area contributed by atoms with Crippen LogP contribution in [0.5, 0.6) is 5.75 Å². The molecule has 2 atom stereocenters. The lowest BCUT2D eigenvalue weighted by molar-refractivity contribution is -0.174. The topological polar surface area (TPSA) is 108 Å². The van der Waals surface area contributed by atoms with E-state index in [1.807, 2.05) is 0 Å². The van der Waals surface area contributed by atoms with Gasteiger partial charge in [0.25, 0.3) is 0 Å². The average molecular weight is 377 g/mol. The van der Waals surface area contributed by atoms with Gasteiger partial charge < -0.3 is 25.4 Å². The molecule has 0 aromatic heterocycles. The molecule has 0 heterocycles. The highest BCUT2D eigenvalue weighted by Gasteiger charge is 2.40. The van der Waals surface area contributed by atoms with E-state index in [2.05, 4.69) is 5.32 Å². The summed E-state index contributed by atoms with van der Waals surface area (Å²) in [5, 5.41) is 12.9. The molecule has 1 aromatic carbocycles. The molecule has 1 aromatic rings. The van der Waals surface area contributed by atoms with Crippen LogP contribution < -0.4 is 15.4 Å². The summed E-state index contributed by atoms with van der Waals surface area (Å²) < 4.78 is 42.6. The minimum atomic E-state index is -5.09. The summed E-state index contributed by atoms with van der Waals surface area (Å²) in [5.74, 6) is -3.26. The molecule has 0 aliphatic heterocycles. The maximum Gasteiger partial charge on any atom is 0.471 e. The number of rotatable bonds is 6. The van der Waals surface area contributed by atoms with Crippen molar-refractivity contribution in [2.75, 3.05) is 14.1 Å². The zero-order valence-electron chi connectivity index (χ0n) is 14.1. The van der Waals surface area contributed by atoms with E-state index in [1.54, 1.807) is 5.32 Å². The lowest BCUT2D eigenvalue weighted by Crippen LogP contribution is -2.56. The van der Waals surface area contributed by atoms with E-state index in [1.165, 1.54) is 45.3 Å². The van der Waals surface area contributed by atoms with E-state index >= 15 is 0 Å². The van der Waals surface area contributed by atoms with Gasteiger partial charge in [-0.2, -0.15) is 13.2 Å². The number of aromatic carboxylic acids is 1. The summed E-state index contributed by atoms with van der Waals surface area (Å²) in [6.45, 7) is 1.22. The third kappa shape index (κ3) is 6.15. The molecule has 2 unspecified atom stereocenters. The summed E-state index contributed by atoms with van der Waals surface area (Å²) in [5.41, 5.74) is -0.0235. The van der Waals surface area contributed by atoms with Crippen molar-refractivity contribution in [3.63, 3.8) is 0 Å². The number of carboxylic acid groups (broad SMARTS) is 1. The number of nitrogens with zero attached hydrogens (tertiary/aromatic N) is 1. The van der Waals surface area contributed by atoms with Crippen LogP contribution in [0.4, 0.5) is 18.0 Å². The Morgan fingerprint density at radius 2 is 1.65 bits per heavy atom. The fraction of sp³-hybridized carbons (Fsp3) is 0.400. The van der Waals surface area contributed by atoms with Gasteiger partial charge in [-0.05, 0) is 31.2 Å². The second-order valence-electron chi connectivity index (χ2n) is 5.47. The molecular weight excluding hydrogens is 359 g/mol. The number of halogens is 3. The van der Waals surface area contributed by atoms with Crippen LogP contribution >= 0.6 is 0 Å². The van der Waals surface area contributed by atoms with Crippen molar-refractivity contribution >= 4 is 17.9 Å². The van der Waals surface area contributed by atoms with Gasteiger partial charge in [-0.1, -0.05) is 0 Å². The van der Waals surface area contributed by atoms with E-state index in [4.69, 9.17) is 9.84 Å². The first-order valence-electron chi connectivity index (χ1n) is 7.27. The van der Waals surface area contributed by atoms with Gasteiger partial charge in [0, 0.05) is 14.1 Å². The molecule has 0 saturated heterocycles. The quantitative estimate of drug-likeness (QED) is 0.650. The van der Waals surface area contributed by atoms with Gasteiger partial charge in [-0.15, -0.1) is 0 Å². The van der Waals surface area contributed by atoms with Crippen molar-refractivity contribution in [2.45, 2.75) is 25.4 Å². The molecule has 0 aliphatic carbocycles. The molecule has 0 spiro atoms. The fourth-order valence-corrected chi connectivity index (χ4v) is 1.69. The maximum atomic E-state index is 12.4. The average Bonchev–Trinajstić information content (AvgIpc) is 2.53. The predicted octanol–water partition coefficient (Wildman–Crippen LogP) is 1.43. The van der Waals surface area contributed by atoms with Crippen LogP contribution in [0.3, 0.4) is 0 Å². The summed E-state index contributed by atoms with van der Waals surface area (Å²) >= 11 is 0. The number of hydrogen-bond donors (Lipinski definition) is 3. The Labute approximate surface area is 146 Å². The number of benzene rings is 1. The lowest BCUT2D eigenvalue weighted by atomic mass is 10.2. The number of amides is 3. The van der Waals surface area contributed by atoms with Crippen molar-refractivity contribution in [3.05, 3.63) is 29.8 Å². The van der Waals surface area contributed by atoms with Crippen LogP contribution in [0, 0.1) is 0 Å². The highest BCUT2D eigenvalue weighted by Crippen LogP contribution is 2.17. The number of hydrogen-bond acceptors (Lipinski definition) is 4. The predicted molar refractivity (Wildman–Crippen MR) is 83.7 cm³/mol. The molecule has 144 valence electrons. The fourth-order valence-electron chi connectivity index (χ4n) is 1.69. The monoisotopic (exact) mass is 377 g/mol. The van der Waals surface area contributed by atoms with Gasteiger partial charge in [0.1, 0.15) is 5.75 Å². The molecule has 1 rings (SSSR count). The maximum absolute atomic E-state index is 12.4. The molecular formula is C15H18F3N3O5. The Morgan fingerprint density at radius 3 is 2.08 bits per heavy atom. The molecule has 0 fully saturated rings. The number of urea groups is 1. The molecule has 0 aliphatic rings. The number of carbonyl (C=O) groups is 3. The van der Waals surface area contributed by atoms with Crippen LogP contribution in [0.1, 0.15) is 17.3 Å². The molecule has 3 amide bonds. The Kier molecular flexibility index (Phi) is 6.81. The van der Waals surface area contributed by atoms with Crippen LogP contribution in [-0.4, -0.2) is 60.5 Å². The first-order valence-corrected chi connectivity index (χ1v) is 7.27. The van der Waals surface area contributed by atoms with Crippen LogP contribution in [0.2, 0.25) is 0 Å². The molecule has 11 heteroatoms. The van der Waals surface area contributed by atoms with Gasteiger partial charge in [-0.25, -0.2) is 9.59 Å². The molecule has 0 radical (unpaired) electrons. The third-order valence-corrected chi connectivity index (χ3v) is 3.11. The van der Waals surface area contributed by atoms with Crippen LogP contribution in [0.15, 0.2) is 24.3 Å². The summed E-state index contributed by atoms with van der Waals surface area (Å²) in [7, 11) is 2.82.